The van der Waals surface area contributed by atoms with E-state index in [1.54, 1.807) is 29.2 Å². The van der Waals surface area contributed by atoms with Crippen LogP contribution in [0.2, 0.25) is 0 Å². The smallest absolute Gasteiger partial charge is 0.406 e. The summed E-state index contributed by atoms with van der Waals surface area (Å²) >= 11 is 0. The maximum Gasteiger partial charge on any atom is 0.573 e. The van der Waals surface area contributed by atoms with E-state index in [1.165, 1.54) is 24.3 Å². The van der Waals surface area contributed by atoms with Gasteiger partial charge in [0.05, 0.1) is 0 Å². The Morgan fingerprint density at radius 1 is 1.04 bits per heavy atom. The van der Waals surface area contributed by atoms with Crippen molar-refractivity contribution in [3.8, 4) is 5.75 Å². The van der Waals surface area contributed by atoms with Crippen LogP contribution in [-0.2, 0) is 11.3 Å². The summed E-state index contributed by atoms with van der Waals surface area (Å²) in [7, 11) is 0. The number of hydrogen-bond donors (Lipinski definition) is 1. The Labute approximate surface area is 160 Å². The number of carbonyl (C=O) groups excluding carboxylic acids is 2. The van der Waals surface area contributed by atoms with Gasteiger partial charge in [0, 0.05) is 30.8 Å². The second kappa shape index (κ2) is 8.33. The highest BCUT2D eigenvalue weighted by Crippen LogP contribution is 2.23. The lowest BCUT2D eigenvalue weighted by Gasteiger charge is -2.26. The number of nitrogens with one attached hydrogen (secondary N) is 1. The van der Waals surface area contributed by atoms with Crippen molar-refractivity contribution in [2.45, 2.75) is 32.2 Å². The van der Waals surface area contributed by atoms with Crippen LogP contribution in [0.15, 0.2) is 48.5 Å². The molecule has 28 heavy (non-hydrogen) atoms. The molecule has 0 aliphatic carbocycles. The molecule has 1 N–H and O–H groups in total. The number of nitrogens with zero attached hydrogens (tertiary/aromatic N) is 1. The number of piperidine rings is 1. The molecule has 148 valence electrons. The molecule has 0 spiro atoms. The number of alkyl halides is 3. The maximum absolute atomic E-state index is 12.3. The third kappa shape index (κ3) is 5.25. The lowest BCUT2D eigenvalue weighted by atomic mass is 10.1. The van der Waals surface area contributed by atoms with E-state index in [2.05, 4.69) is 10.1 Å². The summed E-state index contributed by atoms with van der Waals surface area (Å²) in [5.74, 6) is -0.543. The van der Waals surface area contributed by atoms with Gasteiger partial charge in [-0.1, -0.05) is 12.1 Å². The molecule has 1 saturated heterocycles. The van der Waals surface area contributed by atoms with Crippen LogP contribution in [0, 0.1) is 0 Å². The van der Waals surface area contributed by atoms with Gasteiger partial charge in [0.25, 0.3) is 5.91 Å². The van der Waals surface area contributed by atoms with Crippen LogP contribution in [0.4, 0.5) is 18.9 Å². The third-order valence-electron chi connectivity index (χ3n) is 4.37. The Bertz CT molecular complexity index is 833. The van der Waals surface area contributed by atoms with Crippen molar-refractivity contribution in [3.63, 3.8) is 0 Å². The van der Waals surface area contributed by atoms with E-state index in [1.807, 2.05) is 0 Å². The van der Waals surface area contributed by atoms with Crippen molar-refractivity contribution < 1.29 is 27.5 Å². The summed E-state index contributed by atoms with van der Waals surface area (Å²) in [5, 5.41) is 2.71. The average molecular weight is 392 g/mol. The molecule has 8 heteroatoms. The summed E-state index contributed by atoms with van der Waals surface area (Å²) in [6, 6.07) is 12.1. The zero-order valence-electron chi connectivity index (χ0n) is 15.0. The van der Waals surface area contributed by atoms with Gasteiger partial charge in [-0.15, -0.1) is 13.2 Å². The SMILES string of the molecule is O=C(NCc1ccc(OC(F)(F)F)cc1)c1ccc(N2CCCCC2=O)cc1. The molecule has 1 aliphatic rings. The van der Waals surface area contributed by atoms with E-state index in [0.29, 0.717) is 24.1 Å². The second-order valence-electron chi connectivity index (χ2n) is 6.42. The molecule has 2 amide bonds. The largest absolute Gasteiger partial charge is 0.573 e. The second-order valence-corrected chi connectivity index (χ2v) is 6.42. The number of anilines is 1. The first-order valence-electron chi connectivity index (χ1n) is 8.85. The molecule has 1 aliphatic heterocycles. The summed E-state index contributed by atoms with van der Waals surface area (Å²) < 4.78 is 40.3. The van der Waals surface area contributed by atoms with E-state index in [9.17, 15) is 22.8 Å². The number of benzene rings is 2. The molecule has 0 unspecified atom stereocenters. The summed E-state index contributed by atoms with van der Waals surface area (Å²) in [6.45, 7) is 0.843. The van der Waals surface area contributed by atoms with E-state index in [4.69, 9.17) is 0 Å². The molecule has 0 saturated carbocycles. The average Bonchev–Trinajstić information content (AvgIpc) is 2.66. The molecule has 0 radical (unpaired) electrons. The molecule has 5 nitrogen and oxygen atoms in total. The van der Waals surface area contributed by atoms with Gasteiger partial charge in [-0.25, -0.2) is 0 Å². The van der Waals surface area contributed by atoms with Crippen LogP contribution in [0.5, 0.6) is 5.75 Å². The summed E-state index contributed by atoms with van der Waals surface area (Å²) in [4.78, 5) is 25.9. The van der Waals surface area contributed by atoms with Crippen molar-refractivity contribution in [1.82, 2.24) is 5.32 Å². The normalized spacial score (nSPS) is 14.7. The molecule has 3 rings (SSSR count). The lowest BCUT2D eigenvalue weighted by molar-refractivity contribution is -0.274. The zero-order valence-corrected chi connectivity index (χ0v) is 15.0. The molecule has 0 atom stereocenters. The number of hydrogen-bond acceptors (Lipinski definition) is 3. The number of ether oxygens (including phenoxy) is 1. The fourth-order valence-corrected chi connectivity index (χ4v) is 2.97. The highest BCUT2D eigenvalue weighted by atomic mass is 19.4. The van der Waals surface area contributed by atoms with Gasteiger partial charge >= 0.3 is 6.36 Å². The van der Waals surface area contributed by atoms with Crippen molar-refractivity contribution in [2.24, 2.45) is 0 Å². The van der Waals surface area contributed by atoms with Crippen LogP contribution in [-0.4, -0.2) is 24.7 Å². The summed E-state index contributed by atoms with van der Waals surface area (Å²) in [5.41, 5.74) is 1.84. The number of halogens is 3. The molecule has 0 bridgehead atoms. The Morgan fingerprint density at radius 3 is 2.32 bits per heavy atom. The Hall–Kier alpha value is -3.03. The monoisotopic (exact) mass is 392 g/mol. The number of rotatable bonds is 5. The fourth-order valence-electron chi connectivity index (χ4n) is 2.97. The van der Waals surface area contributed by atoms with Gasteiger partial charge in [0.15, 0.2) is 0 Å². The molecular weight excluding hydrogens is 373 g/mol. The van der Waals surface area contributed by atoms with Crippen LogP contribution in [0.25, 0.3) is 0 Å². The van der Waals surface area contributed by atoms with E-state index in [0.717, 1.165) is 18.5 Å². The first kappa shape index (κ1) is 19.7. The van der Waals surface area contributed by atoms with Crippen molar-refractivity contribution >= 4 is 17.5 Å². The topological polar surface area (TPSA) is 58.6 Å². The lowest BCUT2D eigenvalue weighted by Crippen LogP contribution is -2.35. The minimum atomic E-state index is -4.74. The number of amides is 2. The summed E-state index contributed by atoms with van der Waals surface area (Å²) in [6.07, 6.45) is -2.34. The van der Waals surface area contributed by atoms with Crippen molar-refractivity contribution in [1.29, 1.82) is 0 Å². The predicted octanol–water partition coefficient (Wildman–Crippen LogP) is 4.03. The van der Waals surface area contributed by atoms with Gasteiger partial charge in [0.1, 0.15) is 5.75 Å². The van der Waals surface area contributed by atoms with Crippen molar-refractivity contribution in [3.05, 3.63) is 59.7 Å². The van der Waals surface area contributed by atoms with Crippen LogP contribution >= 0.6 is 0 Å². The minimum Gasteiger partial charge on any atom is -0.406 e. The van der Waals surface area contributed by atoms with Gasteiger partial charge < -0.3 is 15.0 Å². The molecule has 2 aromatic carbocycles. The molecule has 1 fully saturated rings. The molecule has 0 aromatic heterocycles. The van der Waals surface area contributed by atoms with E-state index in [-0.39, 0.29) is 24.1 Å². The van der Waals surface area contributed by atoms with E-state index >= 15 is 0 Å². The van der Waals surface area contributed by atoms with Gasteiger partial charge in [0.2, 0.25) is 5.91 Å². The van der Waals surface area contributed by atoms with Gasteiger partial charge in [-0.2, -0.15) is 0 Å². The van der Waals surface area contributed by atoms with E-state index < -0.39 is 6.36 Å². The van der Waals surface area contributed by atoms with Crippen LogP contribution in [0.3, 0.4) is 0 Å². The minimum absolute atomic E-state index is 0.0846. The Balaban J connectivity index is 1.55. The quantitative estimate of drug-likeness (QED) is 0.836. The van der Waals surface area contributed by atoms with Crippen LogP contribution in [0.1, 0.15) is 35.2 Å². The molecule has 2 aromatic rings. The van der Waals surface area contributed by atoms with Crippen LogP contribution < -0.4 is 15.0 Å². The third-order valence-corrected chi connectivity index (χ3v) is 4.37. The Morgan fingerprint density at radius 2 is 1.71 bits per heavy atom. The number of carbonyl (C=O) groups is 2. The highest BCUT2D eigenvalue weighted by Gasteiger charge is 2.30. The standard InChI is InChI=1S/C20H19F3N2O3/c21-20(22,23)28-17-10-4-14(5-11-17)13-24-19(27)15-6-8-16(9-7-15)25-12-2-1-3-18(25)26/h4-11H,1-3,12-13H2,(H,24,27). The van der Waals surface area contributed by atoms with Gasteiger partial charge in [-0.3, -0.25) is 9.59 Å². The zero-order chi connectivity index (χ0) is 20.1. The fraction of sp³-hybridized carbons (Fsp3) is 0.300. The highest BCUT2D eigenvalue weighted by molar-refractivity contribution is 5.96. The Kier molecular flexibility index (Phi) is 5.87. The van der Waals surface area contributed by atoms with Gasteiger partial charge in [-0.05, 0) is 54.8 Å². The first-order valence-corrected chi connectivity index (χ1v) is 8.85. The predicted molar refractivity (Wildman–Crippen MR) is 96.9 cm³/mol. The first-order chi connectivity index (χ1) is 13.3. The maximum atomic E-state index is 12.3. The molecule has 1 heterocycles. The molecular formula is C20H19F3N2O3. The van der Waals surface area contributed by atoms with Crippen molar-refractivity contribution in [2.75, 3.05) is 11.4 Å².